The lowest BCUT2D eigenvalue weighted by molar-refractivity contribution is -0.131. The van der Waals surface area contributed by atoms with Crippen molar-refractivity contribution in [2.45, 2.75) is 25.7 Å². The first-order chi connectivity index (χ1) is 11.2. The molecule has 120 valence electrons. The first kappa shape index (κ1) is 15.7. The normalized spacial score (nSPS) is 15.6. The van der Waals surface area contributed by atoms with Crippen molar-refractivity contribution < 1.29 is 9.18 Å². The van der Waals surface area contributed by atoms with E-state index in [0.29, 0.717) is 12.3 Å². The number of benzene rings is 2. The Hall–Kier alpha value is -2.16. The van der Waals surface area contributed by atoms with Gasteiger partial charge in [0.15, 0.2) is 0 Å². The molecule has 1 amide bonds. The molecule has 1 aliphatic heterocycles. The highest BCUT2D eigenvalue weighted by atomic mass is 19.1. The molecule has 0 unspecified atom stereocenters. The first-order valence-corrected chi connectivity index (χ1v) is 8.27. The maximum atomic E-state index is 12.9. The summed E-state index contributed by atoms with van der Waals surface area (Å²) >= 11 is 0. The summed E-state index contributed by atoms with van der Waals surface area (Å²) in [5.74, 6) is 0.618. The maximum absolute atomic E-state index is 12.9. The lowest BCUT2D eigenvalue weighted by atomic mass is 9.90. The minimum absolute atomic E-state index is 0.185. The number of nitrogens with zero attached hydrogens (tertiary/aromatic N) is 1. The third-order valence-corrected chi connectivity index (χ3v) is 4.60. The van der Waals surface area contributed by atoms with Crippen LogP contribution >= 0.6 is 0 Å². The molecule has 0 saturated carbocycles. The summed E-state index contributed by atoms with van der Waals surface area (Å²) in [6, 6.07) is 16.7. The van der Waals surface area contributed by atoms with Crippen LogP contribution in [0, 0.1) is 11.7 Å². The average Bonchev–Trinajstić information content (AvgIpc) is 2.58. The predicted octanol–water partition coefficient (Wildman–Crippen LogP) is 3.85. The molecule has 2 aromatic carbocycles. The molecule has 0 aliphatic carbocycles. The van der Waals surface area contributed by atoms with Gasteiger partial charge in [-0.25, -0.2) is 4.39 Å². The Labute approximate surface area is 136 Å². The number of carbonyl (C=O) groups is 1. The van der Waals surface area contributed by atoms with Gasteiger partial charge in [0, 0.05) is 13.1 Å². The highest BCUT2D eigenvalue weighted by Gasteiger charge is 2.22. The maximum Gasteiger partial charge on any atom is 0.226 e. The molecular weight excluding hydrogens is 289 g/mol. The average molecular weight is 311 g/mol. The molecule has 0 bridgehead atoms. The lowest BCUT2D eigenvalue weighted by Gasteiger charge is -2.32. The van der Waals surface area contributed by atoms with E-state index in [1.54, 1.807) is 0 Å². The molecule has 3 rings (SSSR count). The zero-order chi connectivity index (χ0) is 16.1. The minimum Gasteiger partial charge on any atom is -0.342 e. The molecule has 3 heteroatoms. The molecule has 1 saturated heterocycles. The van der Waals surface area contributed by atoms with Crippen molar-refractivity contribution in [1.29, 1.82) is 0 Å². The number of likely N-dealkylation sites (tertiary alicyclic amines) is 1. The second kappa shape index (κ2) is 7.40. The van der Waals surface area contributed by atoms with Gasteiger partial charge in [-0.1, -0.05) is 42.5 Å². The number of hydrogen-bond acceptors (Lipinski definition) is 1. The number of halogens is 1. The van der Waals surface area contributed by atoms with Crippen LogP contribution in [0.15, 0.2) is 54.6 Å². The Balaban J connectivity index is 1.48. The minimum atomic E-state index is -0.185. The van der Waals surface area contributed by atoms with Gasteiger partial charge < -0.3 is 4.90 Å². The highest BCUT2D eigenvalue weighted by molar-refractivity contribution is 5.78. The van der Waals surface area contributed by atoms with Gasteiger partial charge in [0.1, 0.15) is 5.82 Å². The monoisotopic (exact) mass is 311 g/mol. The third kappa shape index (κ3) is 4.41. The molecule has 1 fully saturated rings. The number of amides is 1. The van der Waals surface area contributed by atoms with Crippen LogP contribution in [0.3, 0.4) is 0 Å². The zero-order valence-corrected chi connectivity index (χ0v) is 13.2. The molecular formula is C20H22FNO. The highest BCUT2D eigenvalue weighted by Crippen LogP contribution is 2.22. The molecule has 23 heavy (non-hydrogen) atoms. The molecule has 2 nitrogen and oxygen atoms in total. The summed E-state index contributed by atoms with van der Waals surface area (Å²) < 4.78 is 12.9. The summed E-state index contributed by atoms with van der Waals surface area (Å²) in [6.07, 6.45) is 3.51. The summed E-state index contributed by atoms with van der Waals surface area (Å²) in [6.45, 7) is 1.66. The van der Waals surface area contributed by atoms with Crippen molar-refractivity contribution in [3.8, 4) is 0 Å². The number of rotatable bonds is 4. The van der Waals surface area contributed by atoms with Crippen molar-refractivity contribution in [2.75, 3.05) is 13.1 Å². The van der Waals surface area contributed by atoms with Crippen LogP contribution in [0.1, 0.15) is 24.0 Å². The van der Waals surface area contributed by atoms with Crippen LogP contribution in [-0.4, -0.2) is 23.9 Å². The Bertz CT molecular complexity index is 630. The Morgan fingerprint density at radius 3 is 2.26 bits per heavy atom. The smallest absolute Gasteiger partial charge is 0.226 e. The van der Waals surface area contributed by atoms with E-state index in [2.05, 4.69) is 0 Å². The third-order valence-electron chi connectivity index (χ3n) is 4.60. The topological polar surface area (TPSA) is 20.3 Å². The summed E-state index contributed by atoms with van der Waals surface area (Å²) in [7, 11) is 0. The van der Waals surface area contributed by atoms with Crippen LogP contribution in [0.5, 0.6) is 0 Å². The number of carbonyl (C=O) groups excluding carboxylic acids is 1. The molecule has 1 heterocycles. The van der Waals surface area contributed by atoms with Crippen molar-refractivity contribution >= 4 is 5.91 Å². The Kier molecular flexibility index (Phi) is 5.06. The van der Waals surface area contributed by atoms with Crippen LogP contribution in [-0.2, 0) is 17.6 Å². The van der Waals surface area contributed by atoms with E-state index in [0.717, 1.165) is 37.9 Å². The van der Waals surface area contributed by atoms with Crippen LogP contribution < -0.4 is 0 Å². The van der Waals surface area contributed by atoms with Crippen molar-refractivity contribution in [1.82, 2.24) is 4.90 Å². The van der Waals surface area contributed by atoms with Gasteiger partial charge in [0.05, 0.1) is 6.42 Å². The van der Waals surface area contributed by atoms with Gasteiger partial charge in [0.25, 0.3) is 0 Å². The van der Waals surface area contributed by atoms with Crippen LogP contribution in [0.25, 0.3) is 0 Å². The second-order valence-electron chi connectivity index (χ2n) is 6.32. The predicted molar refractivity (Wildman–Crippen MR) is 89.6 cm³/mol. The lowest BCUT2D eigenvalue weighted by Crippen LogP contribution is -2.39. The quantitative estimate of drug-likeness (QED) is 0.840. The molecule has 0 spiro atoms. The van der Waals surface area contributed by atoms with E-state index >= 15 is 0 Å². The fourth-order valence-corrected chi connectivity index (χ4v) is 3.22. The van der Waals surface area contributed by atoms with E-state index in [1.165, 1.54) is 17.7 Å². The van der Waals surface area contributed by atoms with Gasteiger partial charge in [-0.2, -0.15) is 0 Å². The van der Waals surface area contributed by atoms with Gasteiger partial charge in [-0.05, 0) is 48.4 Å². The largest absolute Gasteiger partial charge is 0.342 e. The van der Waals surface area contributed by atoms with Gasteiger partial charge in [-0.15, -0.1) is 0 Å². The van der Waals surface area contributed by atoms with E-state index < -0.39 is 0 Å². The van der Waals surface area contributed by atoms with Crippen molar-refractivity contribution in [3.63, 3.8) is 0 Å². The SMILES string of the molecule is O=C(Cc1ccccc1)N1CCC(Cc2ccc(F)cc2)CC1. The van der Waals surface area contributed by atoms with Crippen LogP contribution in [0.4, 0.5) is 4.39 Å². The van der Waals surface area contributed by atoms with Gasteiger partial charge in [-0.3, -0.25) is 4.79 Å². The molecule has 0 N–H and O–H groups in total. The zero-order valence-electron chi connectivity index (χ0n) is 13.2. The van der Waals surface area contributed by atoms with Crippen LogP contribution in [0.2, 0.25) is 0 Å². The molecule has 0 aromatic heterocycles. The van der Waals surface area contributed by atoms with E-state index in [9.17, 15) is 9.18 Å². The molecule has 1 aliphatic rings. The standard InChI is InChI=1S/C20H22FNO/c21-19-8-6-17(7-9-19)14-18-10-12-22(13-11-18)20(23)15-16-4-2-1-3-5-16/h1-9,18H,10-15H2. The Morgan fingerprint density at radius 2 is 1.61 bits per heavy atom. The number of piperidine rings is 1. The van der Waals surface area contributed by atoms with Gasteiger partial charge in [0.2, 0.25) is 5.91 Å². The molecule has 0 radical (unpaired) electrons. The molecule has 0 atom stereocenters. The van der Waals surface area contributed by atoms with E-state index in [4.69, 9.17) is 0 Å². The molecule has 2 aromatic rings. The fraction of sp³-hybridized carbons (Fsp3) is 0.350. The Morgan fingerprint density at radius 1 is 0.957 bits per heavy atom. The van der Waals surface area contributed by atoms with E-state index in [1.807, 2.05) is 47.4 Å². The van der Waals surface area contributed by atoms with E-state index in [-0.39, 0.29) is 11.7 Å². The summed E-state index contributed by atoms with van der Waals surface area (Å²) in [5, 5.41) is 0. The summed E-state index contributed by atoms with van der Waals surface area (Å²) in [5.41, 5.74) is 2.26. The van der Waals surface area contributed by atoms with Crippen molar-refractivity contribution in [3.05, 3.63) is 71.5 Å². The van der Waals surface area contributed by atoms with Gasteiger partial charge >= 0.3 is 0 Å². The fourth-order valence-electron chi connectivity index (χ4n) is 3.22. The first-order valence-electron chi connectivity index (χ1n) is 8.27. The number of hydrogen-bond donors (Lipinski definition) is 0. The van der Waals surface area contributed by atoms with Crippen molar-refractivity contribution in [2.24, 2.45) is 5.92 Å². The summed E-state index contributed by atoms with van der Waals surface area (Å²) in [4.78, 5) is 14.3. The second-order valence-corrected chi connectivity index (χ2v) is 6.32.